The molecule has 0 aromatic rings. The van der Waals surface area contributed by atoms with Gasteiger partial charge in [-0.15, -0.1) is 0 Å². The molecule has 1 aliphatic carbocycles. The Morgan fingerprint density at radius 3 is 2.41 bits per heavy atom. The molecular formula is C18H33O4-. The van der Waals surface area contributed by atoms with E-state index < -0.39 is 18.0 Å². The van der Waals surface area contributed by atoms with E-state index in [2.05, 4.69) is 20.8 Å². The van der Waals surface area contributed by atoms with Gasteiger partial charge in [0, 0.05) is 19.0 Å². The van der Waals surface area contributed by atoms with Crippen LogP contribution in [0, 0.1) is 29.6 Å². The molecule has 0 radical (unpaired) electrons. The Morgan fingerprint density at radius 2 is 1.95 bits per heavy atom. The molecule has 1 aliphatic rings. The molecule has 0 heterocycles. The quantitative estimate of drug-likeness (QED) is 0.635. The van der Waals surface area contributed by atoms with E-state index in [0.29, 0.717) is 36.5 Å². The molecule has 22 heavy (non-hydrogen) atoms. The summed E-state index contributed by atoms with van der Waals surface area (Å²) < 4.78 is 5.62. The van der Waals surface area contributed by atoms with Gasteiger partial charge >= 0.3 is 0 Å². The Morgan fingerprint density at radius 1 is 1.32 bits per heavy atom. The fourth-order valence-corrected chi connectivity index (χ4v) is 3.67. The van der Waals surface area contributed by atoms with Crippen LogP contribution in [0.2, 0.25) is 0 Å². The van der Waals surface area contributed by atoms with Crippen LogP contribution in [0.25, 0.3) is 0 Å². The number of hydrogen-bond acceptors (Lipinski definition) is 4. The third-order valence-corrected chi connectivity index (χ3v) is 5.64. The normalized spacial score (nSPS) is 27.7. The maximum atomic E-state index is 11.0. The van der Waals surface area contributed by atoms with E-state index in [9.17, 15) is 15.0 Å². The number of carboxylic acid groups (broad SMARTS) is 1. The van der Waals surface area contributed by atoms with Crippen LogP contribution in [0.4, 0.5) is 0 Å². The lowest BCUT2D eigenvalue weighted by Crippen LogP contribution is -2.38. The van der Waals surface area contributed by atoms with Gasteiger partial charge < -0.3 is 19.7 Å². The van der Waals surface area contributed by atoms with Gasteiger partial charge in [-0.05, 0) is 49.4 Å². The van der Waals surface area contributed by atoms with Gasteiger partial charge in [-0.2, -0.15) is 0 Å². The van der Waals surface area contributed by atoms with E-state index in [-0.39, 0.29) is 6.10 Å². The van der Waals surface area contributed by atoms with Gasteiger partial charge in [0.1, 0.15) is 0 Å². The fraction of sp³-hybridized carbons (Fsp3) is 0.944. The minimum Gasteiger partial charge on any atom is -0.550 e. The molecule has 4 heteroatoms. The second kappa shape index (κ2) is 8.88. The van der Waals surface area contributed by atoms with Crippen LogP contribution in [0.3, 0.4) is 0 Å². The number of carbonyl (C=O) groups excluding carboxylic acids is 1. The first-order valence-corrected chi connectivity index (χ1v) is 8.77. The Balaban J connectivity index is 2.42. The third-order valence-electron chi connectivity index (χ3n) is 5.64. The summed E-state index contributed by atoms with van der Waals surface area (Å²) in [5.74, 6) is 0.292. The summed E-state index contributed by atoms with van der Waals surface area (Å²) in [6, 6.07) is 0. The van der Waals surface area contributed by atoms with Crippen molar-refractivity contribution in [2.75, 3.05) is 7.11 Å². The number of aliphatic hydroxyl groups is 1. The molecule has 7 atom stereocenters. The van der Waals surface area contributed by atoms with E-state index in [1.807, 2.05) is 0 Å². The number of aliphatic carboxylic acids is 1. The van der Waals surface area contributed by atoms with E-state index in [0.717, 1.165) is 19.3 Å². The van der Waals surface area contributed by atoms with Gasteiger partial charge in [-0.25, -0.2) is 0 Å². The molecule has 0 bridgehead atoms. The van der Waals surface area contributed by atoms with Crippen LogP contribution < -0.4 is 5.11 Å². The van der Waals surface area contributed by atoms with Crippen molar-refractivity contribution in [2.24, 2.45) is 29.6 Å². The van der Waals surface area contributed by atoms with Crippen molar-refractivity contribution < 1.29 is 19.7 Å². The average molecular weight is 313 g/mol. The third kappa shape index (κ3) is 5.24. The summed E-state index contributed by atoms with van der Waals surface area (Å²) in [5.41, 5.74) is 0. The van der Waals surface area contributed by atoms with Crippen LogP contribution in [0.1, 0.15) is 59.8 Å². The smallest absolute Gasteiger partial charge is 0.0623 e. The van der Waals surface area contributed by atoms with E-state index in [4.69, 9.17) is 4.74 Å². The van der Waals surface area contributed by atoms with Gasteiger partial charge in [-0.3, -0.25) is 0 Å². The van der Waals surface area contributed by atoms with Crippen molar-refractivity contribution in [1.29, 1.82) is 0 Å². The Bertz CT molecular complexity index is 344. The molecule has 0 aromatic heterocycles. The Hall–Kier alpha value is -0.610. The van der Waals surface area contributed by atoms with Crippen molar-refractivity contribution in [3.63, 3.8) is 0 Å². The highest BCUT2D eigenvalue weighted by molar-refractivity contribution is 5.68. The topological polar surface area (TPSA) is 69.6 Å². The number of hydrogen-bond donors (Lipinski definition) is 1. The standard InChI is InChI=1S/C18H34O4/c1-6-11(3)17(22-5)8-12(4)15-9-13(15)10-16(19)14(7-2)18(20)21/h11-17,19H,6-10H2,1-5H3,(H,20,21)/p-1/t11-,12?,13?,14+,15?,16+,17-/m0/s1. The Kier molecular flexibility index (Phi) is 7.84. The second-order valence-electron chi connectivity index (χ2n) is 7.17. The lowest BCUT2D eigenvalue weighted by Gasteiger charge is -2.25. The molecule has 0 spiro atoms. The summed E-state index contributed by atoms with van der Waals surface area (Å²) in [7, 11) is 1.78. The van der Waals surface area contributed by atoms with E-state index in [1.165, 1.54) is 0 Å². The van der Waals surface area contributed by atoms with E-state index >= 15 is 0 Å². The number of ether oxygens (including phenoxy) is 1. The molecule has 0 amide bonds. The lowest BCUT2D eigenvalue weighted by atomic mass is 9.88. The zero-order valence-electron chi connectivity index (χ0n) is 14.7. The van der Waals surface area contributed by atoms with Crippen LogP contribution >= 0.6 is 0 Å². The van der Waals surface area contributed by atoms with E-state index in [1.54, 1.807) is 14.0 Å². The molecule has 0 aliphatic heterocycles. The van der Waals surface area contributed by atoms with Crippen LogP contribution in [-0.4, -0.2) is 30.4 Å². The first kappa shape index (κ1) is 19.4. The van der Waals surface area contributed by atoms with Crippen molar-refractivity contribution >= 4 is 5.97 Å². The molecule has 1 saturated carbocycles. The second-order valence-corrected chi connectivity index (χ2v) is 7.17. The maximum absolute atomic E-state index is 11.0. The van der Waals surface area contributed by atoms with Crippen molar-refractivity contribution in [3.05, 3.63) is 0 Å². The maximum Gasteiger partial charge on any atom is 0.0623 e. The number of aliphatic hydroxyl groups excluding tert-OH is 1. The number of methoxy groups -OCH3 is 1. The van der Waals surface area contributed by atoms with Crippen molar-refractivity contribution in [2.45, 2.75) is 72.0 Å². The van der Waals surface area contributed by atoms with Crippen LogP contribution in [-0.2, 0) is 9.53 Å². The zero-order valence-corrected chi connectivity index (χ0v) is 14.7. The predicted molar refractivity (Wildman–Crippen MR) is 85.0 cm³/mol. The molecule has 1 rings (SSSR count). The monoisotopic (exact) mass is 313 g/mol. The highest BCUT2D eigenvalue weighted by atomic mass is 16.5. The van der Waals surface area contributed by atoms with Crippen LogP contribution in [0.15, 0.2) is 0 Å². The molecular weight excluding hydrogens is 280 g/mol. The zero-order chi connectivity index (χ0) is 16.9. The first-order chi connectivity index (χ1) is 10.3. The van der Waals surface area contributed by atoms with Gasteiger partial charge in [0.2, 0.25) is 0 Å². The van der Waals surface area contributed by atoms with Gasteiger partial charge in [0.15, 0.2) is 0 Å². The summed E-state index contributed by atoms with van der Waals surface area (Å²) in [5, 5.41) is 21.1. The first-order valence-electron chi connectivity index (χ1n) is 8.77. The average Bonchev–Trinajstić information content (AvgIpc) is 3.23. The minimum absolute atomic E-state index is 0.290. The van der Waals surface area contributed by atoms with Crippen molar-refractivity contribution in [3.8, 4) is 0 Å². The summed E-state index contributed by atoms with van der Waals surface area (Å²) in [4.78, 5) is 11.0. The van der Waals surface area contributed by atoms with Crippen molar-refractivity contribution in [1.82, 2.24) is 0 Å². The Labute approximate surface area is 135 Å². The molecule has 0 aromatic carbocycles. The number of rotatable bonds is 11. The molecule has 0 saturated heterocycles. The lowest BCUT2D eigenvalue weighted by molar-refractivity contribution is -0.314. The minimum atomic E-state index is -1.13. The highest BCUT2D eigenvalue weighted by Crippen LogP contribution is 2.49. The van der Waals surface area contributed by atoms with Crippen LogP contribution in [0.5, 0.6) is 0 Å². The molecule has 1 fully saturated rings. The van der Waals surface area contributed by atoms with Gasteiger partial charge in [0.05, 0.1) is 12.2 Å². The molecule has 3 unspecified atom stereocenters. The van der Waals surface area contributed by atoms with Gasteiger partial charge in [-0.1, -0.05) is 34.1 Å². The number of carbonyl (C=O) groups is 1. The highest BCUT2D eigenvalue weighted by Gasteiger charge is 2.43. The molecule has 130 valence electrons. The summed E-state index contributed by atoms with van der Waals surface area (Å²) in [6.07, 6.45) is 3.78. The fourth-order valence-electron chi connectivity index (χ4n) is 3.67. The summed E-state index contributed by atoms with van der Waals surface area (Å²) in [6.45, 7) is 8.44. The molecule has 1 N–H and O–H groups in total. The number of carboxylic acids is 1. The molecule has 4 nitrogen and oxygen atoms in total. The van der Waals surface area contributed by atoms with Gasteiger partial charge in [0.25, 0.3) is 0 Å². The largest absolute Gasteiger partial charge is 0.550 e. The summed E-state index contributed by atoms with van der Waals surface area (Å²) >= 11 is 0. The predicted octanol–water partition coefficient (Wildman–Crippen LogP) is 2.24. The SMILES string of the molecule is CC[C@H](C)[C@H](CC(C)C1CC1C[C@@H](O)[C@@H](CC)C(=O)[O-])OC.